The van der Waals surface area contributed by atoms with Crippen LogP contribution >= 0.6 is 0 Å². The minimum absolute atomic E-state index is 0.0141. The molecule has 2 heterocycles. The van der Waals surface area contributed by atoms with Crippen LogP contribution in [0.1, 0.15) is 25.7 Å². The minimum atomic E-state index is -1.11. The Labute approximate surface area is 155 Å². The van der Waals surface area contributed by atoms with Gasteiger partial charge in [-0.1, -0.05) is 12.8 Å². The molecule has 11 nitrogen and oxygen atoms in total. The van der Waals surface area contributed by atoms with Gasteiger partial charge >= 0.3 is 23.8 Å². The van der Waals surface area contributed by atoms with Gasteiger partial charge in [0.05, 0.1) is 14.2 Å². The van der Waals surface area contributed by atoms with Gasteiger partial charge in [0.2, 0.25) is 5.95 Å². The Morgan fingerprint density at radius 1 is 0.889 bits per heavy atom. The molecule has 0 aromatic carbocycles. The summed E-state index contributed by atoms with van der Waals surface area (Å²) in [5, 5.41) is 4.50. The summed E-state index contributed by atoms with van der Waals surface area (Å²) in [7, 11) is 2.14. The maximum Gasteiger partial charge on any atom is 0.396 e. The smallest absolute Gasteiger partial charge is 0.396 e. The van der Waals surface area contributed by atoms with Crippen molar-refractivity contribution in [1.29, 1.82) is 0 Å². The standard InChI is InChI=1S/C16H21N5O6/c1-26-14(24)12(22)17-10-9-11(21-7-5-3-4-6-8-21)19-16(18-10)20-13(23)15(25)27-2/h9H,3-8H2,1-2H3,(H2,17,18,19,20,22,23). The number of esters is 2. The van der Waals surface area contributed by atoms with Gasteiger partial charge in [-0.25, -0.2) is 9.59 Å². The Balaban J connectivity index is 2.30. The van der Waals surface area contributed by atoms with Crippen LogP contribution in [-0.4, -0.2) is 61.0 Å². The summed E-state index contributed by atoms with van der Waals surface area (Å²) in [6.45, 7) is 1.48. The molecule has 0 atom stereocenters. The number of ether oxygens (including phenoxy) is 2. The SMILES string of the molecule is COC(=O)C(=O)Nc1cc(N2CCCCCC2)nc(NC(=O)C(=O)OC)n1. The summed E-state index contributed by atoms with van der Waals surface area (Å²) >= 11 is 0. The maximum absolute atomic E-state index is 11.8. The van der Waals surface area contributed by atoms with Crippen LogP contribution in [-0.2, 0) is 28.7 Å². The minimum Gasteiger partial charge on any atom is -0.462 e. The fraction of sp³-hybridized carbons (Fsp3) is 0.500. The molecule has 1 saturated heterocycles. The Kier molecular flexibility index (Phi) is 7.03. The number of hydrogen-bond donors (Lipinski definition) is 2. The molecule has 1 aliphatic rings. The van der Waals surface area contributed by atoms with E-state index in [1.54, 1.807) is 0 Å². The van der Waals surface area contributed by atoms with Crippen LogP contribution in [0.5, 0.6) is 0 Å². The van der Waals surface area contributed by atoms with Crippen molar-refractivity contribution >= 4 is 41.3 Å². The summed E-state index contributed by atoms with van der Waals surface area (Å²) < 4.78 is 8.69. The first-order chi connectivity index (χ1) is 12.9. The van der Waals surface area contributed by atoms with Crippen LogP contribution in [0.3, 0.4) is 0 Å². The highest BCUT2D eigenvalue weighted by Gasteiger charge is 2.21. The zero-order chi connectivity index (χ0) is 19.8. The molecule has 11 heteroatoms. The highest BCUT2D eigenvalue weighted by molar-refractivity contribution is 6.37. The van der Waals surface area contributed by atoms with Crippen LogP contribution in [0.2, 0.25) is 0 Å². The molecule has 2 rings (SSSR count). The lowest BCUT2D eigenvalue weighted by Crippen LogP contribution is -2.29. The molecule has 0 radical (unpaired) electrons. The highest BCUT2D eigenvalue weighted by Crippen LogP contribution is 2.22. The van der Waals surface area contributed by atoms with Crippen molar-refractivity contribution in [2.24, 2.45) is 0 Å². The van der Waals surface area contributed by atoms with Crippen molar-refractivity contribution in [3.8, 4) is 0 Å². The Hall–Kier alpha value is -3.24. The van der Waals surface area contributed by atoms with Crippen molar-refractivity contribution in [3.05, 3.63) is 6.07 Å². The Morgan fingerprint density at radius 3 is 2.00 bits per heavy atom. The number of carbonyl (C=O) groups is 4. The van der Waals surface area contributed by atoms with Crippen molar-refractivity contribution in [3.63, 3.8) is 0 Å². The van der Waals surface area contributed by atoms with Gasteiger partial charge in [-0.05, 0) is 12.8 Å². The monoisotopic (exact) mass is 379 g/mol. The van der Waals surface area contributed by atoms with Gasteiger partial charge in [-0.2, -0.15) is 9.97 Å². The van der Waals surface area contributed by atoms with Gasteiger partial charge in [0, 0.05) is 19.2 Å². The van der Waals surface area contributed by atoms with Crippen LogP contribution in [0.15, 0.2) is 6.07 Å². The number of amides is 2. The second-order valence-electron chi connectivity index (χ2n) is 5.73. The van der Waals surface area contributed by atoms with Gasteiger partial charge in [0.1, 0.15) is 11.6 Å². The quantitative estimate of drug-likeness (QED) is 0.552. The summed E-state index contributed by atoms with van der Waals surface area (Å²) in [6, 6.07) is 1.49. The van der Waals surface area contributed by atoms with E-state index in [9.17, 15) is 19.2 Å². The zero-order valence-corrected chi connectivity index (χ0v) is 15.1. The lowest BCUT2D eigenvalue weighted by molar-refractivity contribution is -0.150. The van der Waals surface area contributed by atoms with Gasteiger partial charge in [-0.3, -0.25) is 14.9 Å². The molecule has 0 spiro atoms. The zero-order valence-electron chi connectivity index (χ0n) is 15.1. The molecule has 1 fully saturated rings. The topological polar surface area (TPSA) is 140 Å². The van der Waals surface area contributed by atoms with Crippen molar-refractivity contribution in [2.45, 2.75) is 25.7 Å². The molecule has 146 valence electrons. The molecule has 0 aliphatic carbocycles. The predicted molar refractivity (Wildman–Crippen MR) is 94.0 cm³/mol. The number of methoxy groups -OCH3 is 2. The van der Waals surface area contributed by atoms with E-state index in [1.165, 1.54) is 6.07 Å². The second-order valence-corrected chi connectivity index (χ2v) is 5.73. The van der Waals surface area contributed by atoms with E-state index in [1.807, 2.05) is 4.90 Å². The number of nitrogens with zero attached hydrogens (tertiary/aromatic N) is 3. The van der Waals surface area contributed by atoms with E-state index in [0.717, 1.165) is 53.0 Å². The third kappa shape index (κ3) is 5.62. The normalized spacial score (nSPS) is 13.9. The molecule has 1 aromatic heterocycles. The van der Waals surface area contributed by atoms with Gasteiger partial charge in [0.25, 0.3) is 0 Å². The largest absolute Gasteiger partial charge is 0.462 e. The lowest BCUT2D eigenvalue weighted by Gasteiger charge is -2.22. The molecule has 0 unspecified atom stereocenters. The van der Waals surface area contributed by atoms with Gasteiger partial charge in [0.15, 0.2) is 0 Å². The van der Waals surface area contributed by atoms with E-state index in [-0.39, 0.29) is 11.8 Å². The summed E-state index contributed by atoms with van der Waals surface area (Å²) in [4.78, 5) is 56.3. The van der Waals surface area contributed by atoms with E-state index in [4.69, 9.17) is 0 Å². The molecule has 0 saturated carbocycles. The summed E-state index contributed by atoms with van der Waals surface area (Å²) in [5.74, 6) is -4.05. The van der Waals surface area contributed by atoms with E-state index < -0.39 is 23.8 Å². The first-order valence-electron chi connectivity index (χ1n) is 8.37. The number of aromatic nitrogens is 2. The molecule has 1 aliphatic heterocycles. The fourth-order valence-corrected chi connectivity index (χ4v) is 2.52. The number of carbonyl (C=O) groups excluding carboxylic acids is 4. The van der Waals surface area contributed by atoms with E-state index in [2.05, 4.69) is 30.1 Å². The van der Waals surface area contributed by atoms with Crippen molar-refractivity contribution < 1.29 is 28.7 Å². The molecule has 1 aromatic rings. The number of anilines is 3. The first-order valence-corrected chi connectivity index (χ1v) is 8.37. The molecule has 27 heavy (non-hydrogen) atoms. The second kappa shape index (κ2) is 9.46. The summed E-state index contributed by atoms with van der Waals surface area (Å²) in [5.41, 5.74) is 0. The van der Waals surface area contributed by atoms with Crippen LogP contribution in [0, 0.1) is 0 Å². The first kappa shape index (κ1) is 20.1. The average Bonchev–Trinajstić information content (AvgIpc) is 2.95. The fourth-order valence-electron chi connectivity index (χ4n) is 2.52. The molecule has 2 N–H and O–H groups in total. The van der Waals surface area contributed by atoms with Gasteiger partial charge in [-0.15, -0.1) is 0 Å². The number of rotatable bonds is 3. The lowest BCUT2D eigenvalue weighted by atomic mass is 10.2. The molecule has 2 amide bonds. The molecule has 0 bridgehead atoms. The predicted octanol–water partition coefficient (Wildman–Crippen LogP) is 0.0800. The summed E-state index contributed by atoms with van der Waals surface area (Å²) in [6.07, 6.45) is 4.13. The van der Waals surface area contributed by atoms with Crippen LogP contribution in [0.4, 0.5) is 17.6 Å². The van der Waals surface area contributed by atoms with Crippen LogP contribution in [0.25, 0.3) is 0 Å². The Morgan fingerprint density at radius 2 is 1.44 bits per heavy atom. The third-order valence-electron chi connectivity index (χ3n) is 3.85. The third-order valence-corrected chi connectivity index (χ3v) is 3.85. The average molecular weight is 379 g/mol. The molecular formula is C16H21N5O6. The van der Waals surface area contributed by atoms with Crippen molar-refractivity contribution in [2.75, 3.05) is 42.8 Å². The Bertz CT molecular complexity index is 682. The van der Waals surface area contributed by atoms with Crippen LogP contribution < -0.4 is 15.5 Å². The maximum atomic E-state index is 11.8. The van der Waals surface area contributed by atoms with E-state index >= 15 is 0 Å². The van der Waals surface area contributed by atoms with E-state index in [0.29, 0.717) is 5.82 Å². The van der Waals surface area contributed by atoms with Gasteiger partial charge < -0.3 is 19.7 Å². The highest BCUT2D eigenvalue weighted by atomic mass is 16.5. The van der Waals surface area contributed by atoms with Crippen molar-refractivity contribution in [1.82, 2.24) is 9.97 Å². The number of hydrogen-bond acceptors (Lipinski definition) is 9. The molecular weight excluding hydrogens is 358 g/mol. The number of nitrogens with one attached hydrogen (secondary N) is 2.